The number of halogens is 2. The van der Waals surface area contributed by atoms with Crippen LogP contribution in [-0.2, 0) is 5.88 Å². The molecule has 2 aromatic carbocycles. The number of para-hydroxylation sites is 1. The fourth-order valence-corrected chi connectivity index (χ4v) is 4.39. The van der Waals surface area contributed by atoms with Gasteiger partial charge in [-0.25, -0.2) is 19.3 Å². The molecule has 3 aromatic heterocycles. The lowest BCUT2D eigenvalue weighted by Crippen LogP contribution is -2.22. The van der Waals surface area contributed by atoms with Crippen LogP contribution in [0, 0.1) is 5.82 Å². The van der Waals surface area contributed by atoms with Gasteiger partial charge in [-0.3, -0.25) is 4.57 Å². The number of fused-ring (bicyclic) bond motifs is 3. The highest BCUT2D eigenvalue weighted by Crippen LogP contribution is 2.37. The minimum atomic E-state index is -0.344. The Labute approximate surface area is 181 Å². The van der Waals surface area contributed by atoms with E-state index in [1.807, 2.05) is 18.2 Å². The third-order valence-electron chi connectivity index (χ3n) is 5.58. The highest BCUT2D eigenvalue weighted by Gasteiger charge is 2.27. The standard InChI is InChI=1S/C22H16ClFN6O/c23-10-20-27-16-11-25-22(29-12-26-15-6-5-13(24)9-18(15)29)28-21(16)30(20)17-7-8-31-19-4-2-1-3-14(17)19/h1-6,9,11-12,17H,7-8,10H2/t17-/m1/s1. The Hall–Kier alpha value is -3.52. The fraction of sp³-hybridized carbons (Fsp3) is 0.182. The average Bonchev–Trinajstić information content (AvgIpc) is 3.39. The largest absolute Gasteiger partial charge is 0.493 e. The summed E-state index contributed by atoms with van der Waals surface area (Å²) in [6.45, 7) is 0.590. The van der Waals surface area contributed by atoms with Gasteiger partial charge in [0.25, 0.3) is 0 Å². The molecule has 4 heterocycles. The van der Waals surface area contributed by atoms with Crippen molar-refractivity contribution in [2.45, 2.75) is 18.3 Å². The summed E-state index contributed by atoms with van der Waals surface area (Å²) in [6.07, 6.45) is 4.03. The second-order valence-electron chi connectivity index (χ2n) is 7.35. The zero-order valence-corrected chi connectivity index (χ0v) is 17.0. The van der Waals surface area contributed by atoms with E-state index in [4.69, 9.17) is 21.3 Å². The molecule has 154 valence electrons. The maximum Gasteiger partial charge on any atom is 0.237 e. The summed E-state index contributed by atoms with van der Waals surface area (Å²) in [5.41, 5.74) is 3.65. The predicted molar refractivity (Wildman–Crippen MR) is 114 cm³/mol. The summed E-state index contributed by atoms with van der Waals surface area (Å²) in [5.74, 6) is 1.86. The average molecular weight is 435 g/mol. The first-order chi connectivity index (χ1) is 15.2. The Morgan fingerprint density at radius 3 is 2.90 bits per heavy atom. The molecule has 9 heteroatoms. The first-order valence-electron chi connectivity index (χ1n) is 9.87. The lowest BCUT2D eigenvalue weighted by atomic mass is 10.0. The van der Waals surface area contributed by atoms with Crippen LogP contribution in [0.5, 0.6) is 5.75 Å². The van der Waals surface area contributed by atoms with Crippen LogP contribution >= 0.6 is 11.6 Å². The van der Waals surface area contributed by atoms with E-state index >= 15 is 0 Å². The van der Waals surface area contributed by atoms with E-state index in [2.05, 4.69) is 25.6 Å². The van der Waals surface area contributed by atoms with Gasteiger partial charge in [0.05, 0.1) is 35.8 Å². The van der Waals surface area contributed by atoms with Gasteiger partial charge in [-0.1, -0.05) is 18.2 Å². The van der Waals surface area contributed by atoms with Gasteiger partial charge in [0.1, 0.15) is 29.2 Å². The van der Waals surface area contributed by atoms with Crippen molar-refractivity contribution in [1.29, 1.82) is 0 Å². The van der Waals surface area contributed by atoms with Crippen LogP contribution in [0.2, 0.25) is 0 Å². The number of ether oxygens (including phenoxy) is 1. The van der Waals surface area contributed by atoms with Crippen LogP contribution in [0.1, 0.15) is 23.9 Å². The van der Waals surface area contributed by atoms with Crippen LogP contribution in [-0.4, -0.2) is 35.7 Å². The monoisotopic (exact) mass is 434 g/mol. The van der Waals surface area contributed by atoms with Crippen LogP contribution < -0.4 is 4.74 Å². The third kappa shape index (κ3) is 2.86. The van der Waals surface area contributed by atoms with Crippen molar-refractivity contribution in [1.82, 2.24) is 29.1 Å². The molecule has 7 nitrogen and oxygen atoms in total. The Morgan fingerprint density at radius 2 is 2.00 bits per heavy atom. The maximum absolute atomic E-state index is 13.8. The highest BCUT2D eigenvalue weighted by molar-refractivity contribution is 6.16. The number of benzene rings is 2. The summed E-state index contributed by atoms with van der Waals surface area (Å²) in [5, 5.41) is 0. The molecule has 0 unspecified atom stereocenters. The molecule has 1 aliphatic heterocycles. The van der Waals surface area contributed by atoms with Gasteiger partial charge < -0.3 is 9.30 Å². The van der Waals surface area contributed by atoms with Crippen molar-refractivity contribution in [2.24, 2.45) is 0 Å². The van der Waals surface area contributed by atoms with Gasteiger partial charge >= 0.3 is 0 Å². The van der Waals surface area contributed by atoms with E-state index in [-0.39, 0.29) is 17.7 Å². The fourth-order valence-electron chi connectivity index (χ4n) is 4.20. The topological polar surface area (TPSA) is 70.7 Å². The summed E-state index contributed by atoms with van der Waals surface area (Å²) in [4.78, 5) is 18.3. The van der Waals surface area contributed by atoms with Gasteiger partial charge in [-0.05, 0) is 18.2 Å². The number of aromatic nitrogens is 6. The summed E-state index contributed by atoms with van der Waals surface area (Å²) in [6, 6.07) is 12.4. The molecule has 0 bridgehead atoms. The molecule has 1 atom stereocenters. The second kappa shape index (κ2) is 7.02. The summed E-state index contributed by atoms with van der Waals surface area (Å²) < 4.78 is 23.4. The molecule has 0 saturated heterocycles. The van der Waals surface area contributed by atoms with Crippen molar-refractivity contribution >= 4 is 33.8 Å². The minimum absolute atomic E-state index is 0.0107. The molecule has 31 heavy (non-hydrogen) atoms. The molecule has 1 aliphatic rings. The van der Waals surface area contributed by atoms with E-state index in [9.17, 15) is 4.39 Å². The lowest BCUT2D eigenvalue weighted by molar-refractivity contribution is 0.256. The van der Waals surface area contributed by atoms with E-state index < -0.39 is 0 Å². The first-order valence-corrected chi connectivity index (χ1v) is 10.4. The normalized spacial score (nSPS) is 15.9. The summed E-state index contributed by atoms with van der Waals surface area (Å²) in [7, 11) is 0. The number of hydrogen-bond acceptors (Lipinski definition) is 5. The zero-order valence-electron chi connectivity index (χ0n) is 16.2. The number of alkyl halides is 1. The van der Waals surface area contributed by atoms with E-state index in [0.29, 0.717) is 40.6 Å². The molecule has 6 rings (SSSR count). The molecule has 0 amide bonds. The zero-order chi connectivity index (χ0) is 20.9. The minimum Gasteiger partial charge on any atom is -0.493 e. The number of rotatable bonds is 3. The maximum atomic E-state index is 13.8. The Morgan fingerprint density at radius 1 is 1.10 bits per heavy atom. The molecule has 0 saturated carbocycles. The predicted octanol–water partition coefficient (Wildman–Crippen LogP) is 4.42. The Bertz CT molecular complexity index is 1450. The second-order valence-corrected chi connectivity index (χ2v) is 7.62. The molecule has 0 radical (unpaired) electrons. The van der Waals surface area contributed by atoms with E-state index in [0.717, 1.165) is 17.7 Å². The molecule has 0 fully saturated rings. The van der Waals surface area contributed by atoms with Crippen molar-refractivity contribution < 1.29 is 9.13 Å². The van der Waals surface area contributed by atoms with Gasteiger partial charge in [0.15, 0.2) is 5.65 Å². The van der Waals surface area contributed by atoms with Gasteiger partial charge in [-0.15, -0.1) is 11.6 Å². The van der Waals surface area contributed by atoms with Crippen LogP contribution in [0.3, 0.4) is 0 Å². The van der Waals surface area contributed by atoms with Crippen molar-refractivity contribution in [3.8, 4) is 11.7 Å². The molecular formula is C22H16ClFN6O. The number of imidazole rings is 2. The quantitative estimate of drug-likeness (QED) is 0.393. The Balaban J connectivity index is 1.57. The van der Waals surface area contributed by atoms with Gasteiger partial charge in [0, 0.05) is 18.1 Å². The lowest BCUT2D eigenvalue weighted by Gasteiger charge is -2.28. The Kier molecular flexibility index (Phi) is 4.14. The van der Waals surface area contributed by atoms with Crippen molar-refractivity contribution in [3.05, 3.63) is 72.2 Å². The highest BCUT2D eigenvalue weighted by atomic mass is 35.5. The van der Waals surface area contributed by atoms with Crippen molar-refractivity contribution in [3.63, 3.8) is 0 Å². The molecule has 0 aliphatic carbocycles. The third-order valence-corrected chi connectivity index (χ3v) is 5.81. The van der Waals surface area contributed by atoms with Gasteiger partial charge in [0.2, 0.25) is 5.95 Å². The first kappa shape index (κ1) is 18.3. The molecule has 0 spiro atoms. The van der Waals surface area contributed by atoms with Crippen molar-refractivity contribution in [2.75, 3.05) is 6.61 Å². The molecule has 5 aromatic rings. The number of hydrogen-bond donors (Lipinski definition) is 0. The molecule has 0 N–H and O–H groups in total. The molecular weight excluding hydrogens is 419 g/mol. The smallest absolute Gasteiger partial charge is 0.237 e. The van der Waals surface area contributed by atoms with E-state index in [1.165, 1.54) is 12.1 Å². The van der Waals surface area contributed by atoms with Gasteiger partial charge in [-0.2, -0.15) is 4.98 Å². The van der Waals surface area contributed by atoms with Crippen LogP contribution in [0.15, 0.2) is 55.0 Å². The number of nitrogens with zero attached hydrogens (tertiary/aromatic N) is 6. The summed E-state index contributed by atoms with van der Waals surface area (Å²) >= 11 is 6.27. The van der Waals surface area contributed by atoms with E-state index in [1.54, 1.807) is 23.2 Å². The van der Waals surface area contributed by atoms with Crippen LogP contribution in [0.25, 0.3) is 28.1 Å². The van der Waals surface area contributed by atoms with Crippen LogP contribution in [0.4, 0.5) is 4.39 Å². The SMILES string of the molecule is Fc1ccc2ncn(-c3ncc4nc(CCl)n([C@@H]5CCOc6ccccc65)c4n3)c2c1.